The number of rotatable bonds is 4. The lowest BCUT2D eigenvalue weighted by Crippen LogP contribution is -2.68. The first-order chi connectivity index (χ1) is 17.8. The molecule has 3 aromatic rings. The van der Waals surface area contributed by atoms with E-state index in [9.17, 15) is 9.59 Å². The number of piperazine rings is 2. The fraction of sp³-hybridized carbons (Fsp3) is 0.414. The van der Waals surface area contributed by atoms with Gasteiger partial charge in [-0.2, -0.15) is 0 Å². The average molecular weight is 503 g/mol. The van der Waals surface area contributed by atoms with Gasteiger partial charge >= 0.3 is 6.09 Å². The van der Waals surface area contributed by atoms with Gasteiger partial charge in [-0.1, -0.05) is 65.8 Å². The van der Waals surface area contributed by atoms with E-state index < -0.39 is 5.60 Å². The molecule has 3 heterocycles. The number of fused-ring (bicyclic) bond motifs is 1. The van der Waals surface area contributed by atoms with Crippen LogP contribution >= 0.6 is 0 Å². The summed E-state index contributed by atoms with van der Waals surface area (Å²) in [5.41, 5.74) is 1.80. The maximum atomic E-state index is 13.3. The molecule has 194 valence electrons. The quantitative estimate of drug-likeness (QED) is 0.531. The van der Waals surface area contributed by atoms with E-state index in [1.807, 2.05) is 37.8 Å². The zero-order valence-electron chi connectivity index (χ0n) is 21.6. The van der Waals surface area contributed by atoms with Crippen LogP contribution in [0.5, 0.6) is 0 Å². The third-order valence-corrected chi connectivity index (χ3v) is 7.08. The van der Waals surface area contributed by atoms with Gasteiger partial charge in [0.15, 0.2) is 0 Å². The predicted molar refractivity (Wildman–Crippen MR) is 139 cm³/mol. The molecule has 2 saturated heterocycles. The lowest BCUT2D eigenvalue weighted by atomic mass is 9.82. The molecule has 2 aromatic carbocycles. The van der Waals surface area contributed by atoms with E-state index >= 15 is 0 Å². The summed E-state index contributed by atoms with van der Waals surface area (Å²) >= 11 is 0. The predicted octanol–water partition coefficient (Wildman–Crippen LogP) is 4.25. The number of carbonyl (C=O) groups excluding carboxylic acids is 2. The third-order valence-electron chi connectivity index (χ3n) is 7.08. The minimum absolute atomic E-state index is 0.0126. The van der Waals surface area contributed by atoms with Gasteiger partial charge < -0.3 is 19.1 Å². The van der Waals surface area contributed by atoms with Crippen LogP contribution in [-0.2, 0) is 4.74 Å². The Hall–Kier alpha value is -3.65. The SMILES string of the molecule is CC(C)(C)OC(=O)N1C[C@@H]2CN(C(=O)c3ccno3)CCN2[C@H](C(c2ccccc2)c2ccccc2)C1. The molecule has 5 rings (SSSR count). The molecule has 0 unspecified atom stereocenters. The molecule has 0 radical (unpaired) electrons. The highest BCUT2D eigenvalue weighted by Crippen LogP contribution is 2.36. The van der Waals surface area contributed by atoms with E-state index in [2.05, 4.69) is 58.6 Å². The van der Waals surface area contributed by atoms with Crippen LogP contribution in [0.3, 0.4) is 0 Å². The lowest BCUT2D eigenvalue weighted by molar-refractivity contribution is -0.0391. The third kappa shape index (κ3) is 5.54. The van der Waals surface area contributed by atoms with Gasteiger partial charge in [0.1, 0.15) is 5.60 Å². The van der Waals surface area contributed by atoms with Crippen molar-refractivity contribution >= 4 is 12.0 Å². The molecule has 2 aliphatic heterocycles. The highest BCUT2D eigenvalue weighted by Gasteiger charge is 2.45. The summed E-state index contributed by atoms with van der Waals surface area (Å²) in [6.45, 7) is 8.45. The first kappa shape index (κ1) is 25.0. The Morgan fingerprint density at radius 1 is 0.892 bits per heavy atom. The topological polar surface area (TPSA) is 79.1 Å². The average Bonchev–Trinajstić information content (AvgIpc) is 3.43. The van der Waals surface area contributed by atoms with Crippen LogP contribution in [0.2, 0.25) is 0 Å². The summed E-state index contributed by atoms with van der Waals surface area (Å²) in [5.74, 6) is 0.105. The Morgan fingerprint density at radius 3 is 2.08 bits per heavy atom. The fourth-order valence-corrected chi connectivity index (χ4v) is 5.52. The number of carbonyl (C=O) groups is 2. The molecule has 8 nitrogen and oxygen atoms in total. The van der Waals surface area contributed by atoms with Crippen molar-refractivity contribution in [2.45, 2.75) is 44.4 Å². The lowest BCUT2D eigenvalue weighted by Gasteiger charge is -2.53. The molecule has 2 fully saturated rings. The summed E-state index contributed by atoms with van der Waals surface area (Å²) in [4.78, 5) is 32.5. The molecule has 2 amide bonds. The first-order valence-corrected chi connectivity index (χ1v) is 12.8. The Kier molecular flexibility index (Phi) is 7.02. The van der Waals surface area contributed by atoms with Gasteiger partial charge in [0.25, 0.3) is 5.91 Å². The van der Waals surface area contributed by atoms with Crippen molar-refractivity contribution in [3.8, 4) is 0 Å². The smallest absolute Gasteiger partial charge is 0.410 e. The normalized spacial score (nSPS) is 20.5. The molecule has 0 spiro atoms. The number of hydrogen-bond donors (Lipinski definition) is 0. The maximum absolute atomic E-state index is 13.3. The molecular weight excluding hydrogens is 468 g/mol. The molecule has 2 atom stereocenters. The molecule has 0 N–H and O–H groups in total. The van der Waals surface area contributed by atoms with Crippen molar-refractivity contribution in [3.63, 3.8) is 0 Å². The molecule has 0 bridgehead atoms. The minimum Gasteiger partial charge on any atom is -0.444 e. The van der Waals surface area contributed by atoms with Crippen molar-refractivity contribution in [3.05, 3.63) is 89.8 Å². The van der Waals surface area contributed by atoms with E-state index in [0.29, 0.717) is 32.7 Å². The second-order valence-electron chi connectivity index (χ2n) is 10.8. The van der Waals surface area contributed by atoms with E-state index in [4.69, 9.17) is 9.26 Å². The number of aromatic nitrogens is 1. The van der Waals surface area contributed by atoms with Gasteiger partial charge in [-0.05, 0) is 31.9 Å². The molecule has 2 aliphatic rings. The monoisotopic (exact) mass is 502 g/mol. The summed E-state index contributed by atoms with van der Waals surface area (Å²) in [6.07, 6.45) is 1.16. The maximum Gasteiger partial charge on any atom is 0.410 e. The molecular formula is C29H34N4O4. The number of amides is 2. The van der Waals surface area contributed by atoms with Crippen molar-refractivity contribution < 1.29 is 18.8 Å². The van der Waals surface area contributed by atoms with Crippen LogP contribution in [0.25, 0.3) is 0 Å². The van der Waals surface area contributed by atoms with E-state index in [1.165, 1.54) is 17.3 Å². The standard InChI is InChI=1S/C29H34N4O4/c1-29(2,3)36-28(35)32-19-23-18-31(27(34)25-14-15-30-37-25)16-17-33(23)24(20-32)26(21-10-6-4-7-11-21)22-12-8-5-9-13-22/h4-15,23-24,26H,16-20H2,1-3H3/t23-,24-/m0/s1. The van der Waals surface area contributed by atoms with Crippen molar-refractivity contribution in [2.75, 3.05) is 32.7 Å². The highest BCUT2D eigenvalue weighted by atomic mass is 16.6. The summed E-state index contributed by atoms with van der Waals surface area (Å²) in [6, 6.07) is 22.5. The van der Waals surface area contributed by atoms with E-state index in [0.717, 1.165) is 0 Å². The van der Waals surface area contributed by atoms with Gasteiger partial charge in [0, 0.05) is 56.8 Å². The molecule has 0 saturated carbocycles. The van der Waals surface area contributed by atoms with Gasteiger partial charge in [-0.25, -0.2) is 4.79 Å². The Balaban J connectivity index is 1.49. The molecule has 0 aliphatic carbocycles. The number of benzene rings is 2. The minimum atomic E-state index is -0.594. The summed E-state index contributed by atoms with van der Waals surface area (Å²) < 4.78 is 10.9. The number of ether oxygens (including phenoxy) is 1. The highest BCUT2D eigenvalue weighted by molar-refractivity contribution is 5.91. The largest absolute Gasteiger partial charge is 0.444 e. The van der Waals surface area contributed by atoms with Gasteiger partial charge in [-0.3, -0.25) is 9.69 Å². The molecule has 8 heteroatoms. The number of nitrogens with zero attached hydrogens (tertiary/aromatic N) is 4. The van der Waals surface area contributed by atoms with Crippen molar-refractivity contribution in [2.24, 2.45) is 0 Å². The first-order valence-electron chi connectivity index (χ1n) is 12.8. The van der Waals surface area contributed by atoms with Crippen LogP contribution in [0.4, 0.5) is 4.79 Å². The second-order valence-corrected chi connectivity index (χ2v) is 10.8. The van der Waals surface area contributed by atoms with Crippen molar-refractivity contribution in [1.29, 1.82) is 0 Å². The Bertz CT molecular complexity index is 1150. The van der Waals surface area contributed by atoms with Gasteiger partial charge in [-0.15, -0.1) is 0 Å². The summed E-state index contributed by atoms with van der Waals surface area (Å²) in [7, 11) is 0. The zero-order chi connectivity index (χ0) is 26.0. The van der Waals surface area contributed by atoms with Crippen molar-refractivity contribution in [1.82, 2.24) is 19.9 Å². The van der Waals surface area contributed by atoms with Gasteiger partial charge in [0.2, 0.25) is 5.76 Å². The fourth-order valence-electron chi connectivity index (χ4n) is 5.52. The summed E-state index contributed by atoms with van der Waals surface area (Å²) in [5, 5.41) is 3.69. The van der Waals surface area contributed by atoms with Gasteiger partial charge in [0.05, 0.1) is 6.20 Å². The van der Waals surface area contributed by atoms with Crippen LogP contribution in [0, 0.1) is 0 Å². The van der Waals surface area contributed by atoms with E-state index in [1.54, 1.807) is 11.0 Å². The molecule has 37 heavy (non-hydrogen) atoms. The van der Waals surface area contributed by atoms with Crippen LogP contribution in [0.15, 0.2) is 77.4 Å². The van der Waals surface area contributed by atoms with Crippen LogP contribution in [-0.4, -0.2) is 82.3 Å². The Labute approximate surface area is 217 Å². The van der Waals surface area contributed by atoms with Crippen LogP contribution < -0.4 is 0 Å². The van der Waals surface area contributed by atoms with Crippen LogP contribution in [0.1, 0.15) is 48.4 Å². The second kappa shape index (κ2) is 10.4. The molecule has 1 aromatic heterocycles. The van der Waals surface area contributed by atoms with E-state index in [-0.39, 0.29) is 35.8 Å². The number of hydrogen-bond acceptors (Lipinski definition) is 6. The zero-order valence-corrected chi connectivity index (χ0v) is 21.6. The Morgan fingerprint density at radius 2 is 1.51 bits per heavy atom.